The quantitative estimate of drug-likeness (QED) is 0.733. The Morgan fingerprint density at radius 1 is 1.60 bits per heavy atom. The highest BCUT2D eigenvalue weighted by molar-refractivity contribution is 7.03. The van der Waals surface area contributed by atoms with Crippen molar-refractivity contribution in [2.45, 2.75) is 19.9 Å². The first-order valence-corrected chi connectivity index (χ1v) is 5.49. The third-order valence-corrected chi connectivity index (χ3v) is 2.45. The van der Waals surface area contributed by atoms with Gasteiger partial charge in [0.05, 0.1) is 11.8 Å². The molecule has 0 fully saturated rings. The summed E-state index contributed by atoms with van der Waals surface area (Å²) in [4.78, 5) is 11.8. The zero-order chi connectivity index (χ0) is 10.7. The second kappa shape index (κ2) is 4.31. The van der Waals surface area contributed by atoms with Crippen LogP contribution in [0.15, 0.2) is 17.8 Å². The van der Waals surface area contributed by atoms with E-state index in [1.165, 1.54) is 11.5 Å². The van der Waals surface area contributed by atoms with Gasteiger partial charge in [0.2, 0.25) is 5.78 Å². The van der Waals surface area contributed by atoms with Crippen LogP contribution in [0.5, 0.6) is 0 Å². The summed E-state index contributed by atoms with van der Waals surface area (Å²) in [5.41, 5.74) is 0.951. The van der Waals surface area contributed by atoms with E-state index in [0.717, 1.165) is 13.0 Å². The lowest BCUT2D eigenvalue weighted by Crippen LogP contribution is -2.01. The third kappa shape index (κ3) is 2.10. The Morgan fingerprint density at radius 2 is 2.47 bits per heavy atom. The molecule has 0 radical (unpaired) electrons. The fourth-order valence-electron chi connectivity index (χ4n) is 1.24. The van der Waals surface area contributed by atoms with Gasteiger partial charge in [-0.1, -0.05) is 11.4 Å². The van der Waals surface area contributed by atoms with Crippen LogP contribution >= 0.6 is 11.5 Å². The Hall–Kier alpha value is -1.56. The van der Waals surface area contributed by atoms with Crippen molar-refractivity contribution in [2.24, 2.45) is 0 Å². The molecular formula is C9H10N4OS. The number of hydrogen-bond donors (Lipinski definition) is 0. The summed E-state index contributed by atoms with van der Waals surface area (Å²) in [7, 11) is 0. The molecule has 0 bridgehead atoms. The van der Waals surface area contributed by atoms with Gasteiger partial charge in [-0.05, 0) is 18.0 Å². The summed E-state index contributed by atoms with van der Waals surface area (Å²) in [6.45, 7) is 2.89. The maximum Gasteiger partial charge on any atom is 0.217 e. The van der Waals surface area contributed by atoms with Crippen LogP contribution in [0.1, 0.15) is 29.4 Å². The molecule has 2 aromatic rings. The minimum Gasteiger partial charge on any atom is -0.287 e. The van der Waals surface area contributed by atoms with E-state index in [9.17, 15) is 4.79 Å². The van der Waals surface area contributed by atoms with Gasteiger partial charge >= 0.3 is 0 Å². The van der Waals surface area contributed by atoms with Crippen LogP contribution in [0.25, 0.3) is 0 Å². The second-order valence-electron chi connectivity index (χ2n) is 3.11. The predicted octanol–water partition coefficient (Wildman–Crippen LogP) is 1.38. The van der Waals surface area contributed by atoms with Crippen molar-refractivity contribution in [3.63, 3.8) is 0 Å². The van der Waals surface area contributed by atoms with E-state index in [1.54, 1.807) is 22.5 Å². The number of hydrogen-bond acceptors (Lipinski definition) is 5. The number of aromatic nitrogens is 4. The molecule has 0 amide bonds. The molecule has 0 unspecified atom stereocenters. The first kappa shape index (κ1) is 9.97. The van der Waals surface area contributed by atoms with E-state index >= 15 is 0 Å². The molecule has 0 aliphatic carbocycles. The molecule has 0 aliphatic heterocycles. The van der Waals surface area contributed by atoms with Gasteiger partial charge in [-0.2, -0.15) is 5.10 Å². The second-order valence-corrected chi connectivity index (χ2v) is 3.72. The number of ketones is 1. The van der Waals surface area contributed by atoms with E-state index in [1.807, 2.05) is 0 Å². The molecule has 0 saturated heterocycles. The molecule has 0 aliphatic rings. The molecule has 2 rings (SSSR count). The van der Waals surface area contributed by atoms with Crippen LogP contribution in [0, 0.1) is 0 Å². The van der Waals surface area contributed by atoms with Gasteiger partial charge < -0.3 is 0 Å². The average molecular weight is 222 g/mol. The minimum atomic E-state index is -0.119. The maximum atomic E-state index is 11.8. The molecule has 6 heteroatoms. The van der Waals surface area contributed by atoms with Crippen LogP contribution in [0.4, 0.5) is 0 Å². The highest BCUT2D eigenvalue weighted by Gasteiger charge is 2.13. The van der Waals surface area contributed by atoms with Gasteiger partial charge in [-0.15, -0.1) is 5.10 Å². The van der Waals surface area contributed by atoms with Crippen LogP contribution in [0.3, 0.4) is 0 Å². The van der Waals surface area contributed by atoms with Crippen LogP contribution < -0.4 is 0 Å². The number of carbonyl (C=O) groups excluding carboxylic acids is 1. The summed E-state index contributed by atoms with van der Waals surface area (Å²) in [5.74, 6) is -0.119. The van der Waals surface area contributed by atoms with Crippen molar-refractivity contribution >= 4 is 17.3 Å². The van der Waals surface area contributed by atoms with Crippen LogP contribution in [0.2, 0.25) is 0 Å². The fraction of sp³-hybridized carbons (Fsp3) is 0.333. The lowest BCUT2D eigenvalue weighted by Gasteiger charge is -1.94. The minimum absolute atomic E-state index is 0.119. The number of aryl methyl sites for hydroxylation is 1. The van der Waals surface area contributed by atoms with Gasteiger partial charge in [0.15, 0.2) is 0 Å². The Kier molecular flexibility index (Phi) is 2.86. The Bertz CT molecular complexity index is 448. The Labute approximate surface area is 90.9 Å². The monoisotopic (exact) mass is 222 g/mol. The van der Waals surface area contributed by atoms with Crippen molar-refractivity contribution in [3.8, 4) is 0 Å². The van der Waals surface area contributed by atoms with Crippen LogP contribution in [-0.4, -0.2) is 25.2 Å². The standard InChI is InChI=1S/C9H10N4OS/c1-2-3-13-5-7(4-10-13)9(14)8-6-15-12-11-8/h4-6H,2-3H2,1H3. The zero-order valence-electron chi connectivity index (χ0n) is 8.25. The molecular weight excluding hydrogens is 212 g/mol. The normalized spacial score (nSPS) is 10.5. The highest BCUT2D eigenvalue weighted by atomic mass is 32.1. The molecule has 0 atom stereocenters. The Balaban J connectivity index is 2.19. The molecule has 0 N–H and O–H groups in total. The molecule has 2 aromatic heterocycles. The third-order valence-electron chi connectivity index (χ3n) is 1.94. The highest BCUT2D eigenvalue weighted by Crippen LogP contribution is 2.07. The maximum absolute atomic E-state index is 11.8. The van der Waals surface area contributed by atoms with Crippen molar-refractivity contribution < 1.29 is 4.79 Å². The molecule has 0 saturated carbocycles. The smallest absolute Gasteiger partial charge is 0.217 e. The van der Waals surface area contributed by atoms with E-state index in [-0.39, 0.29) is 5.78 Å². The van der Waals surface area contributed by atoms with Crippen molar-refractivity contribution in [2.75, 3.05) is 0 Å². The van der Waals surface area contributed by atoms with Gasteiger partial charge in [0.1, 0.15) is 5.69 Å². The summed E-state index contributed by atoms with van der Waals surface area (Å²) in [6.07, 6.45) is 4.30. The largest absolute Gasteiger partial charge is 0.287 e. The van der Waals surface area contributed by atoms with Crippen LogP contribution in [-0.2, 0) is 6.54 Å². The van der Waals surface area contributed by atoms with E-state index < -0.39 is 0 Å². The van der Waals surface area contributed by atoms with Gasteiger partial charge in [0.25, 0.3) is 0 Å². The summed E-state index contributed by atoms with van der Waals surface area (Å²) in [5, 5.41) is 9.46. The zero-order valence-corrected chi connectivity index (χ0v) is 9.07. The van der Waals surface area contributed by atoms with E-state index in [2.05, 4.69) is 21.6 Å². The topological polar surface area (TPSA) is 60.7 Å². The SMILES string of the molecule is CCCn1cc(C(=O)c2csnn2)cn1. The lowest BCUT2D eigenvalue weighted by molar-refractivity contribution is 0.103. The predicted molar refractivity (Wildman–Crippen MR) is 55.9 cm³/mol. The molecule has 5 nitrogen and oxygen atoms in total. The number of nitrogens with zero attached hydrogens (tertiary/aromatic N) is 4. The number of carbonyl (C=O) groups is 1. The average Bonchev–Trinajstić information content (AvgIpc) is 2.87. The summed E-state index contributed by atoms with van der Waals surface area (Å²) < 4.78 is 5.41. The van der Waals surface area contributed by atoms with Crippen molar-refractivity contribution in [1.29, 1.82) is 0 Å². The lowest BCUT2D eigenvalue weighted by atomic mass is 10.2. The van der Waals surface area contributed by atoms with Gasteiger partial charge in [0, 0.05) is 18.1 Å². The molecule has 0 spiro atoms. The molecule has 0 aromatic carbocycles. The molecule has 15 heavy (non-hydrogen) atoms. The first-order chi connectivity index (χ1) is 7.31. The van der Waals surface area contributed by atoms with Crippen molar-refractivity contribution in [3.05, 3.63) is 29.0 Å². The summed E-state index contributed by atoms with van der Waals surface area (Å²) in [6, 6.07) is 0. The number of rotatable bonds is 4. The molecule has 78 valence electrons. The van der Waals surface area contributed by atoms with E-state index in [0.29, 0.717) is 11.3 Å². The Morgan fingerprint density at radius 3 is 3.13 bits per heavy atom. The summed E-state index contributed by atoms with van der Waals surface area (Å²) >= 11 is 1.17. The van der Waals surface area contributed by atoms with Crippen molar-refractivity contribution in [1.82, 2.24) is 19.4 Å². The van der Waals surface area contributed by atoms with Gasteiger partial charge in [-0.3, -0.25) is 9.48 Å². The fourth-order valence-corrected chi connectivity index (χ4v) is 1.68. The van der Waals surface area contributed by atoms with Gasteiger partial charge in [-0.25, -0.2) is 0 Å². The molecule has 2 heterocycles. The first-order valence-electron chi connectivity index (χ1n) is 4.65. The van der Waals surface area contributed by atoms with E-state index in [4.69, 9.17) is 0 Å².